The minimum atomic E-state index is -0.282. The minimum Gasteiger partial charge on any atom is -0.497 e. The summed E-state index contributed by atoms with van der Waals surface area (Å²) >= 11 is 0. The molecule has 0 atom stereocenters. The van der Waals surface area contributed by atoms with Crippen molar-refractivity contribution >= 4 is 17.5 Å². The van der Waals surface area contributed by atoms with Crippen LogP contribution in [0.25, 0.3) is 0 Å². The molecule has 0 spiro atoms. The number of para-hydroxylation sites is 1. The summed E-state index contributed by atoms with van der Waals surface area (Å²) in [7, 11) is 1.62. The lowest BCUT2D eigenvalue weighted by Crippen LogP contribution is -2.27. The van der Waals surface area contributed by atoms with Gasteiger partial charge >= 0.3 is 0 Å². The van der Waals surface area contributed by atoms with Crippen molar-refractivity contribution in [2.75, 3.05) is 19.0 Å². The van der Waals surface area contributed by atoms with Crippen molar-refractivity contribution in [3.8, 4) is 11.8 Å². The third-order valence-electron chi connectivity index (χ3n) is 4.21. The lowest BCUT2D eigenvalue weighted by atomic mass is 10.1. The highest BCUT2D eigenvalue weighted by molar-refractivity contribution is 5.92. The van der Waals surface area contributed by atoms with Crippen molar-refractivity contribution in [3.05, 3.63) is 77.1 Å². The van der Waals surface area contributed by atoms with Gasteiger partial charge in [-0.1, -0.05) is 24.3 Å². The lowest BCUT2D eigenvalue weighted by molar-refractivity contribution is 0.0949. The molecule has 0 aliphatic carbocycles. The molecule has 0 radical (unpaired) electrons. The van der Waals surface area contributed by atoms with Gasteiger partial charge in [0.15, 0.2) is 0 Å². The fourth-order valence-electron chi connectivity index (χ4n) is 2.79. The number of carbonyl (C=O) groups is 1. The Morgan fingerprint density at radius 3 is 2.76 bits per heavy atom. The average molecular weight is 387 g/mol. The fraction of sp³-hybridized carbons (Fsp3) is 0.182. The normalized spacial score (nSPS) is 10.1. The second-order valence-corrected chi connectivity index (χ2v) is 6.36. The number of anilines is 2. The molecule has 2 N–H and O–H groups in total. The number of ether oxygens (including phenoxy) is 1. The number of rotatable bonds is 7. The van der Waals surface area contributed by atoms with Crippen LogP contribution in [-0.4, -0.2) is 29.5 Å². The molecule has 29 heavy (non-hydrogen) atoms. The van der Waals surface area contributed by atoms with Crippen LogP contribution in [0.15, 0.2) is 54.6 Å². The molecule has 0 unspecified atom stereocenters. The molecule has 146 valence electrons. The number of amides is 1. The summed E-state index contributed by atoms with van der Waals surface area (Å²) in [5.41, 5.74) is 3.04. The first-order valence-electron chi connectivity index (χ1n) is 9.12. The third-order valence-corrected chi connectivity index (χ3v) is 4.21. The van der Waals surface area contributed by atoms with E-state index in [1.165, 1.54) is 0 Å². The highest BCUT2D eigenvalue weighted by atomic mass is 16.5. The van der Waals surface area contributed by atoms with Crippen LogP contribution in [0.2, 0.25) is 0 Å². The highest BCUT2D eigenvalue weighted by Gasteiger charge is 2.11. The van der Waals surface area contributed by atoms with E-state index in [1.54, 1.807) is 38.3 Å². The van der Waals surface area contributed by atoms with E-state index in [4.69, 9.17) is 4.74 Å². The molecule has 0 aliphatic heterocycles. The lowest BCUT2D eigenvalue weighted by Gasteiger charge is -2.10. The first kappa shape index (κ1) is 19.8. The number of nitrogens with zero attached hydrogens (tertiary/aromatic N) is 3. The Morgan fingerprint density at radius 2 is 1.97 bits per heavy atom. The zero-order valence-electron chi connectivity index (χ0n) is 16.3. The van der Waals surface area contributed by atoms with E-state index in [0.717, 1.165) is 11.3 Å². The topological polar surface area (TPSA) is 99.9 Å². The predicted molar refractivity (Wildman–Crippen MR) is 110 cm³/mol. The number of benzene rings is 2. The van der Waals surface area contributed by atoms with Crippen LogP contribution in [0.5, 0.6) is 5.75 Å². The molecular weight excluding hydrogens is 366 g/mol. The number of aromatic nitrogens is 2. The Kier molecular flexibility index (Phi) is 6.38. The zero-order chi connectivity index (χ0) is 20.6. The monoisotopic (exact) mass is 387 g/mol. The van der Waals surface area contributed by atoms with Crippen LogP contribution in [0, 0.1) is 18.3 Å². The van der Waals surface area contributed by atoms with E-state index in [1.807, 2.05) is 30.3 Å². The Balaban J connectivity index is 1.67. The van der Waals surface area contributed by atoms with Crippen molar-refractivity contribution in [1.29, 1.82) is 5.26 Å². The van der Waals surface area contributed by atoms with Crippen molar-refractivity contribution in [3.63, 3.8) is 0 Å². The van der Waals surface area contributed by atoms with Gasteiger partial charge < -0.3 is 15.4 Å². The molecule has 3 aromatic rings. The number of hydrogen-bond acceptors (Lipinski definition) is 6. The van der Waals surface area contributed by atoms with E-state index < -0.39 is 0 Å². The summed E-state index contributed by atoms with van der Waals surface area (Å²) in [4.78, 5) is 21.1. The molecule has 1 aromatic heterocycles. The van der Waals surface area contributed by atoms with Crippen molar-refractivity contribution in [1.82, 2.24) is 15.3 Å². The summed E-state index contributed by atoms with van der Waals surface area (Å²) < 4.78 is 5.21. The zero-order valence-corrected chi connectivity index (χ0v) is 16.3. The van der Waals surface area contributed by atoms with Gasteiger partial charge in [-0.2, -0.15) is 5.26 Å². The maximum atomic E-state index is 12.5. The van der Waals surface area contributed by atoms with E-state index in [-0.39, 0.29) is 17.5 Å². The third kappa shape index (κ3) is 5.30. The number of methoxy groups -OCH3 is 1. The first-order valence-corrected chi connectivity index (χ1v) is 9.12. The maximum absolute atomic E-state index is 12.5. The molecule has 1 amide bonds. The second-order valence-electron chi connectivity index (χ2n) is 6.36. The van der Waals surface area contributed by atoms with E-state index >= 15 is 0 Å². The number of carbonyl (C=O) groups excluding carboxylic acids is 1. The number of aryl methyl sites for hydroxylation is 1. The van der Waals surface area contributed by atoms with Crippen LogP contribution in [-0.2, 0) is 6.42 Å². The molecular formula is C22H21N5O2. The SMILES string of the molecule is COc1cccc(CCNC(=O)c2cc(C)nc(Nc3ccccc3C#N)n2)c1. The van der Waals surface area contributed by atoms with E-state index in [2.05, 4.69) is 26.7 Å². The molecule has 3 rings (SSSR count). The van der Waals surface area contributed by atoms with Crippen molar-refractivity contribution in [2.45, 2.75) is 13.3 Å². The van der Waals surface area contributed by atoms with Gasteiger partial charge in [0, 0.05) is 12.2 Å². The molecule has 1 heterocycles. The maximum Gasteiger partial charge on any atom is 0.270 e. The molecule has 0 bridgehead atoms. The fourth-order valence-corrected chi connectivity index (χ4v) is 2.79. The molecule has 7 nitrogen and oxygen atoms in total. The van der Waals surface area contributed by atoms with Gasteiger partial charge in [-0.25, -0.2) is 9.97 Å². The van der Waals surface area contributed by atoms with Gasteiger partial charge in [-0.3, -0.25) is 4.79 Å². The van der Waals surface area contributed by atoms with E-state index in [0.29, 0.717) is 29.9 Å². The van der Waals surface area contributed by atoms with Gasteiger partial charge in [0.2, 0.25) is 5.95 Å². The molecule has 2 aromatic carbocycles. The summed E-state index contributed by atoms with van der Waals surface area (Å²) in [5, 5.41) is 15.1. The highest BCUT2D eigenvalue weighted by Crippen LogP contribution is 2.18. The predicted octanol–water partition coefficient (Wildman–Crippen LogP) is 3.38. The van der Waals surface area contributed by atoms with Gasteiger partial charge in [0.25, 0.3) is 5.91 Å². The van der Waals surface area contributed by atoms with Crippen LogP contribution in [0.3, 0.4) is 0 Å². The average Bonchev–Trinajstić information content (AvgIpc) is 2.74. The van der Waals surface area contributed by atoms with Crippen LogP contribution in [0.4, 0.5) is 11.6 Å². The summed E-state index contributed by atoms with van der Waals surface area (Å²) in [6.07, 6.45) is 0.674. The van der Waals surface area contributed by atoms with Gasteiger partial charge in [0.05, 0.1) is 18.4 Å². The van der Waals surface area contributed by atoms with Gasteiger partial charge in [-0.05, 0) is 49.2 Å². The van der Waals surface area contributed by atoms with Gasteiger partial charge in [0.1, 0.15) is 17.5 Å². The molecule has 0 saturated heterocycles. The van der Waals surface area contributed by atoms with E-state index in [9.17, 15) is 10.1 Å². The van der Waals surface area contributed by atoms with Crippen molar-refractivity contribution < 1.29 is 9.53 Å². The standard InChI is InChI=1S/C22H21N5O2/c1-15-12-20(21(28)24-11-10-16-6-5-8-18(13-16)29-2)27-22(25-15)26-19-9-4-3-7-17(19)14-23/h3-9,12-13H,10-11H2,1-2H3,(H,24,28)(H,25,26,27). The number of hydrogen-bond donors (Lipinski definition) is 2. The molecule has 0 fully saturated rings. The number of nitriles is 1. The van der Waals surface area contributed by atoms with Crippen LogP contribution in [0.1, 0.15) is 27.3 Å². The Labute approximate surface area is 169 Å². The molecule has 7 heteroatoms. The quantitative estimate of drug-likeness (QED) is 0.645. The number of nitrogens with one attached hydrogen (secondary N) is 2. The largest absolute Gasteiger partial charge is 0.497 e. The summed E-state index contributed by atoms with van der Waals surface area (Å²) in [6, 6.07) is 18.5. The Bertz CT molecular complexity index is 1060. The first-order chi connectivity index (χ1) is 14.1. The van der Waals surface area contributed by atoms with Crippen LogP contribution < -0.4 is 15.4 Å². The molecule has 0 aliphatic rings. The molecule has 0 saturated carbocycles. The Hall–Kier alpha value is -3.92. The van der Waals surface area contributed by atoms with Crippen LogP contribution >= 0.6 is 0 Å². The van der Waals surface area contributed by atoms with Crippen molar-refractivity contribution in [2.24, 2.45) is 0 Å². The summed E-state index contributed by atoms with van der Waals surface area (Å²) in [6.45, 7) is 2.26. The minimum absolute atomic E-state index is 0.264. The van der Waals surface area contributed by atoms with Gasteiger partial charge in [-0.15, -0.1) is 0 Å². The second kappa shape index (κ2) is 9.33. The summed E-state index contributed by atoms with van der Waals surface area (Å²) in [5.74, 6) is 0.772. The smallest absolute Gasteiger partial charge is 0.270 e. The Morgan fingerprint density at radius 1 is 1.14 bits per heavy atom.